The molecule has 4 atom stereocenters. The second-order valence-corrected chi connectivity index (χ2v) is 14.4. The summed E-state index contributed by atoms with van der Waals surface area (Å²) in [5.41, 5.74) is -4.10. The third kappa shape index (κ3) is 12.4. The van der Waals surface area contributed by atoms with Gasteiger partial charge in [0.05, 0.1) is 47.7 Å². The van der Waals surface area contributed by atoms with E-state index in [-0.39, 0.29) is 35.0 Å². The smallest absolute Gasteiger partial charge is 0.373 e. The van der Waals surface area contributed by atoms with Crippen LogP contribution in [-0.4, -0.2) is 38.4 Å². The highest BCUT2D eigenvalue weighted by atomic mass is 19.4. The summed E-state index contributed by atoms with van der Waals surface area (Å²) in [7, 11) is 0. The molecular weight excluding hydrogens is 837 g/mol. The van der Waals surface area contributed by atoms with E-state index in [1.54, 1.807) is 13.0 Å². The van der Waals surface area contributed by atoms with Crippen LogP contribution in [0.15, 0.2) is 72.8 Å². The van der Waals surface area contributed by atoms with Crippen LogP contribution in [0.2, 0.25) is 0 Å². The molecule has 2 aliphatic heterocycles. The zero-order valence-electron chi connectivity index (χ0n) is 31.4. The minimum atomic E-state index is -4.95. The number of hydrogen-bond acceptors (Lipinski definition) is 4. The quantitative estimate of drug-likeness (QED) is 0.173. The maximum Gasteiger partial charge on any atom is 0.416 e. The molecule has 0 aromatic heterocycles. The second-order valence-electron chi connectivity index (χ2n) is 14.4. The minimum absolute atomic E-state index is 0.0537. The van der Waals surface area contributed by atoms with Gasteiger partial charge in [0.2, 0.25) is 0 Å². The summed E-state index contributed by atoms with van der Waals surface area (Å²) in [6, 6.07) is 10.4. The summed E-state index contributed by atoms with van der Waals surface area (Å²) in [5.74, 6) is -3.11. The summed E-state index contributed by atoms with van der Waals surface area (Å²) in [4.78, 5) is 0. The second kappa shape index (κ2) is 18.7. The van der Waals surface area contributed by atoms with Crippen LogP contribution >= 0.6 is 0 Å². The summed E-state index contributed by atoms with van der Waals surface area (Å²) >= 11 is 0. The molecule has 0 saturated carbocycles. The van der Waals surface area contributed by atoms with Crippen LogP contribution in [0.4, 0.5) is 65.9 Å². The Morgan fingerprint density at radius 3 is 1.37 bits per heavy atom. The molecule has 4 aromatic carbocycles. The van der Waals surface area contributed by atoms with E-state index in [1.165, 1.54) is 18.2 Å². The molecule has 4 nitrogen and oxygen atoms in total. The SMILES string of the molecule is Cc1cc(F)ccc1C1CNCCC1OCc1cc(C(F)(F)F)cc(C(F)(F)F)c1.Fc1ccc(C2CNCCC2OCc2cc(C(F)(F)F)cc(C(F)(F)F)c2)cc1F. The minimum Gasteiger partial charge on any atom is -0.373 e. The third-order valence-electron chi connectivity index (χ3n) is 10.1. The van der Waals surface area contributed by atoms with Crippen LogP contribution < -0.4 is 10.6 Å². The van der Waals surface area contributed by atoms with Crippen molar-refractivity contribution in [1.29, 1.82) is 0 Å². The van der Waals surface area contributed by atoms with Gasteiger partial charge in [-0.2, -0.15) is 52.7 Å². The van der Waals surface area contributed by atoms with Gasteiger partial charge in [-0.05, 0) is 121 Å². The number of alkyl halides is 12. The molecular formula is C41H37F15N2O2. The molecule has 0 amide bonds. The van der Waals surface area contributed by atoms with Crippen LogP contribution in [0.5, 0.6) is 0 Å². The van der Waals surface area contributed by atoms with Gasteiger partial charge in [0, 0.05) is 24.9 Å². The van der Waals surface area contributed by atoms with Gasteiger partial charge < -0.3 is 20.1 Å². The maximum atomic E-state index is 13.6. The van der Waals surface area contributed by atoms with Gasteiger partial charge in [0.1, 0.15) is 5.82 Å². The van der Waals surface area contributed by atoms with Crippen LogP contribution in [0.25, 0.3) is 0 Å². The zero-order valence-corrected chi connectivity index (χ0v) is 31.4. The molecule has 2 heterocycles. The van der Waals surface area contributed by atoms with Crippen LogP contribution in [0.3, 0.4) is 0 Å². The van der Waals surface area contributed by atoms with Crippen LogP contribution in [0, 0.1) is 24.4 Å². The first-order chi connectivity index (χ1) is 27.9. The fourth-order valence-electron chi connectivity index (χ4n) is 7.12. The first-order valence-corrected chi connectivity index (χ1v) is 18.3. The van der Waals surface area contributed by atoms with Crippen molar-refractivity contribution in [2.24, 2.45) is 0 Å². The van der Waals surface area contributed by atoms with E-state index in [1.807, 2.05) is 0 Å². The highest BCUT2D eigenvalue weighted by Crippen LogP contribution is 2.39. The number of benzene rings is 4. The first-order valence-electron chi connectivity index (χ1n) is 18.3. The van der Waals surface area contributed by atoms with Crippen LogP contribution in [-0.2, 0) is 47.4 Å². The van der Waals surface area contributed by atoms with E-state index in [9.17, 15) is 65.9 Å². The van der Waals surface area contributed by atoms with Crippen molar-refractivity contribution in [1.82, 2.24) is 10.6 Å². The van der Waals surface area contributed by atoms with Gasteiger partial charge in [-0.1, -0.05) is 12.1 Å². The molecule has 6 rings (SSSR count). The Balaban J connectivity index is 0.000000228. The van der Waals surface area contributed by atoms with E-state index in [2.05, 4.69) is 10.6 Å². The highest BCUT2D eigenvalue weighted by molar-refractivity contribution is 5.35. The summed E-state index contributed by atoms with van der Waals surface area (Å²) < 4.78 is 208. The lowest BCUT2D eigenvalue weighted by molar-refractivity contribution is -0.144. The van der Waals surface area contributed by atoms with Gasteiger partial charge in [0.15, 0.2) is 11.6 Å². The molecule has 4 aromatic rings. The Hall–Kier alpha value is -4.33. The van der Waals surface area contributed by atoms with Crippen molar-refractivity contribution < 1.29 is 75.3 Å². The molecule has 0 aliphatic carbocycles. The first kappa shape index (κ1) is 46.7. The normalized spacial score (nSPS) is 20.4. The summed E-state index contributed by atoms with van der Waals surface area (Å²) in [6.07, 6.45) is -19.8. The molecule has 0 bridgehead atoms. The molecule has 2 aliphatic rings. The Morgan fingerprint density at radius 1 is 0.517 bits per heavy atom. The number of hydrogen-bond donors (Lipinski definition) is 2. The summed E-state index contributed by atoms with van der Waals surface area (Å²) in [5, 5.41) is 6.25. The van der Waals surface area contributed by atoms with Gasteiger partial charge in [0.25, 0.3) is 0 Å². The van der Waals surface area contributed by atoms with Crippen molar-refractivity contribution >= 4 is 0 Å². The predicted molar refractivity (Wildman–Crippen MR) is 188 cm³/mol. The average molecular weight is 875 g/mol. The maximum absolute atomic E-state index is 13.6. The van der Waals surface area contributed by atoms with Crippen LogP contribution in [0.1, 0.15) is 74.7 Å². The zero-order chi connectivity index (χ0) is 44.2. The van der Waals surface area contributed by atoms with Gasteiger partial charge in [-0.3, -0.25) is 0 Å². The fraction of sp³-hybridized carbons (Fsp3) is 0.415. The number of ether oxygens (including phenoxy) is 2. The summed E-state index contributed by atoms with van der Waals surface area (Å²) in [6.45, 7) is 2.80. The number of halogens is 15. The molecule has 0 spiro atoms. The Labute approximate surface area is 334 Å². The van der Waals surface area contributed by atoms with E-state index >= 15 is 0 Å². The van der Waals surface area contributed by atoms with E-state index in [0.29, 0.717) is 74.4 Å². The molecule has 2 N–H and O–H groups in total. The van der Waals surface area contributed by atoms with Crippen molar-refractivity contribution in [2.45, 2.75) is 81.7 Å². The fourth-order valence-corrected chi connectivity index (χ4v) is 7.12. The number of nitrogens with one attached hydrogen (secondary N) is 2. The van der Waals surface area contributed by atoms with Gasteiger partial charge in [-0.15, -0.1) is 0 Å². The molecule has 19 heteroatoms. The Morgan fingerprint density at radius 2 is 0.950 bits per heavy atom. The Kier molecular flexibility index (Phi) is 14.6. The van der Waals surface area contributed by atoms with E-state index in [0.717, 1.165) is 17.7 Å². The molecule has 2 fully saturated rings. The predicted octanol–water partition coefficient (Wildman–Crippen LogP) is 11.5. The lowest BCUT2D eigenvalue weighted by Gasteiger charge is -2.33. The van der Waals surface area contributed by atoms with Crippen molar-refractivity contribution in [2.75, 3.05) is 26.2 Å². The topological polar surface area (TPSA) is 42.5 Å². The Bertz CT molecular complexity index is 2010. The molecule has 4 unspecified atom stereocenters. The van der Waals surface area contributed by atoms with E-state index in [4.69, 9.17) is 9.47 Å². The standard InChI is InChI=1S/C21H20F7NO.C20H17F8NO/c1-12-6-16(22)2-3-17(12)18-10-29-5-4-19(18)30-11-13-7-14(20(23,24)25)9-15(8-13)21(26,27)28;21-16-2-1-12(7-17(16)22)15-9-29-4-3-18(15)30-10-11-5-13(19(23,24)25)8-14(6-11)20(26,27)28/h2-3,6-9,18-19,29H,4-5,10-11H2,1H3;1-2,5-8,15,18,29H,3-4,9-10H2. The molecule has 328 valence electrons. The number of piperidine rings is 2. The third-order valence-corrected chi connectivity index (χ3v) is 10.1. The van der Waals surface area contributed by atoms with Gasteiger partial charge >= 0.3 is 24.7 Å². The number of rotatable bonds is 8. The van der Waals surface area contributed by atoms with Crippen molar-refractivity contribution in [3.05, 3.63) is 140 Å². The highest BCUT2D eigenvalue weighted by Gasteiger charge is 2.39. The van der Waals surface area contributed by atoms with Gasteiger partial charge in [-0.25, -0.2) is 13.2 Å². The lowest BCUT2D eigenvalue weighted by Crippen LogP contribution is -2.40. The molecule has 2 saturated heterocycles. The molecule has 0 radical (unpaired) electrons. The average Bonchev–Trinajstić information content (AvgIpc) is 3.16. The van der Waals surface area contributed by atoms with Crippen molar-refractivity contribution in [3.63, 3.8) is 0 Å². The van der Waals surface area contributed by atoms with Crippen molar-refractivity contribution in [3.8, 4) is 0 Å². The number of aryl methyl sites for hydroxylation is 1. The lowest BCUT2D eigenvalue weighted by atomic mass is 9.86. The largest absolute Gasteiger partial charge is 0.416 e. The molecule has 60 heavy (non-hydrogen) atoms. The monoisotopic (exact) mass is 874 g/mol. The van der Waals surface area contributed by atoms with E-state index < -0.39 is 89.9 Å².